The van der Waals surface area contributed by atoms with Crippen molar-refractivity contribution in [2.24, 2.45) is 0 Å². The monoisotopic (exact) mass is 244 g/mol. The smallest absolute Gasteiger partial charge is 0.273 e. The van der Waals surface area contributed by atoms with Crippen LogP contribution in [0.4, 0.5) is 0 Å². The summed E-state index contributed by atoms with van der Waals surface area (Å²) in [5.74, 6) is -0.157. The van der Waals surface area contributed by atoms with E-state index in [4.69, 9.17) is 12.2 Å². The van der Waals surface area contributed by atoms with E-state index in [0.717, 1.165) is 12.0 Å². The fourth-order valence-electron chi connectivity index (χ4n) is 2.33. The molecule has 86 valence electrons. The first-order valence-electron chi connectivity index (χ1n) is 5.68. The molecule has 1 saturated heterocycles. The van der Waals surface area contributed by atoms with Gasteiger partial charge in [-0.15, -0.1) is 0 Å². The van der Waals surface area contributed by atoms with Crippen molar-refractivity contribution < 1.29 is 4.79 Å². The highest BCUT2D eigenvalue weighted by Crippen LogP contribution is 2.23. The van der Waals surface area contributed by atoms with Gasteiger partial charge in [0, 0.05) is 0 Å². The van der Waals surface area contributed by atoms with E-state index in [1.165, 1.54) is 24.0 Å². The van der Waals surface area contributed by atoms with Crippen LogP contribution in [0.15, 0.2) is 23.9 Å². The highest BCUT2D eigenvalue weighted by molar-refractivity contribution is 7.80. The second kappa shape index (κ2) is 3.96. The standard InChI is InChI=1S/C13H12N2OS/c16-12-11(14-13(17)15-12)7-8-4-5-9-2-1-3-10(9)6-8/h4-7H,1-3H2,(H2,14,15,16,17)/b11-7+. The Morgan fingerprint density at radius 1 is 1.18 bits per heavy atom. The van der Waals surface area contributed by atoms with Gasteiger partial charge in [0.2, 0.25) is 0 Å². The second-order valence-corrected chi connectivity index (χ2v) is 4.76. The third kappa shape index (κ3) is 1.96. The number of rotatable bonds is 1. The zero-order chi connectivity index (χ0) is 11.8. The first kappa shape index (κ1) is 10.5. The van der Waals surface area contributed by atoms with Crippen LogP contribution in [0, 0.1) is 0 Å². The van der Waals surface area contributed by atoms with Gasteiger partial charge in [-0.3, -0.25) is 10.1 Å². The van der Waals surface area contributed by atoms with Crippen molar-refractivity contribution in [1.82, 2.24) is 10.6 Å². The summed E-state index contributed by atoms with van der Waals surface area (Å²) < 4.78 is 0. The number of hydrogen-bond acceptors (Lipinski definition) is 2. The Morgan fingerprint density at radius 3 is 2.76 bits per heavy atom. The molecule has 1 heterocycles. The summed E-state index contributed by atoms with van der Waals surface area (Å²) in [4.78, 5) is 11.5. The van der Waals surface area contributed by atoms with Crippen LogP contribution in [0.25, 0.3) is 6.08 Å². The molecule has 17 heavy (non-hydrogen) atoms. The van der Waals surface area contributed by atoms with E-state index in [1.807, 2.05) is 12.1 Å². The lowest BCUT2D eigenvalue weighted by atomic mass is 10.1. The van der Waals surface area contributed by atoms with Crippen LogP contribution >= 0.6 is 12.2 Å². The molecule has 3 rings (SSSR count). The minimum absolute atomic E-state index is 0.157. The molecule has 2 N–H and O–H groups in total. The van der Waals surface area contributed by atoms with Gasteiger partial charge >= 0.3 is 0 Å². The third-order valence-electron chi connectivity index (χ3n) is 3.15. The second-order valence-electron chi connectivity index (χ2n) is 4.35. The lowest BCUT2D eigenvalue weighted by Gasteiger charge is -2.01. The topological polar surface area (TPSA) is 41.1 Å². The van der Waals surface area contributed by atoms with Gasteiger partial charge in [-0.1, -0.05) is 18.2 Å². The minimum Gasteiger partial charge on any atom is -0.328 e. The van der Waals surface area contributed by atoms with Gasteiger partial charge in [-0.2, -0.15) is 0 Å². The maximum atomic E-state index is 11.5. The number of carbonyl (C=O) groups excluding carboxylic acids is 1. The maximum absolute atomic E-state index is 11.5. The number of amides is 1. The number of hydrogen-bond donors (Lipinski definition) is 2. The quantitative estimate of drug-likeness (QED) is 0.581. The molecule has 4 heteroatoms. The molecule has 1 aliphatic heterocycles. The Bertz CT molecular complexity index is 548. The largest absolute Gasteiger partial charge is 0.328 e. The zero-order valence-corrected chi connectivity index (χ0v) is 10.1. The van der Waals surface area contributed by atoms with Crippen LogP contribution in [0.2, 0.25) is 0 Å². The fourth-order valence-corrected chi connectivity index (χ4v) is 2.53. The van der Waals surface area contributed by atoms with Crippen LogP contribution in [0.1, 0.15) is 23.1 Å². The molecule has 1 aromatic carbocycles. The molecule has 1 aliphatic carbocycles. The van der Waals surface area contributed by atoms with E-state index in [2.05, 4.69) is 22.8 Å². The number of benzene rings is 1. The van der Waals surface area contributed by atoms with Crippen LogP contribution in [0.5, 0.6) is 0 Å². The zero-order valence-electron chi connectivity index (χ0n) is 9.25. The molecule has 0 spiro atoms. The van der Waals surface area contributed by atoms with Gasteiger partial charge < -0.3 is 5.32 Å². The molecule has 0 bridgehead atoms. The molecule has 0 unspecified atom stereocenters. The summed E-state index contributed by atoms with van der Waals surface area (Å²) in [7, 11) is 0. The molecule has 0 radical (unpaired) electrons. The number of aryl methyl sites for hydroxylation is 2. The average Bonchev–Trinajstić information content (AvgIpc) is 2.85. The molecule has 1 aromatic rings. The number of nitrogens with one attached hydrogen (secondary N) is 2. The molecule has 0 saturated carbocycles. The van der Waals surface area contributed by atoms with Gasteiger partial charge in [0.15, 0.2) is 5.11 Å². The van der Waals surface area contributed by atoms with Gasteiger partial charge in [0.25, 0.3) is 5.91 Å². The minimum atomic E-state index is -0.157. The summed E-state index contributed by atoms with van der Waals surface area (Å²) >= 11 is 4.88. The van der Waals surface area contributed by atoms with Crippen LogP contribution in [-0.4, -0.2) is 11.0 Å². The predicted molar refractivity (Wildman–Crippen MR) is 70.3 cm³/mol. The molecule has 1 fully saturated rings. The molecule has 3 nitrogen and oxygen atoms in total. The molecule has 0 aromatic heterocycles. The number of fused-ring (bicyclic) bond motifs is 1. The van der Waals surface area contributed by atoms with E-state index in [-0.39, 0.29) is 5.91 Å². The van der Waals surface area contributed by atoms with Crippen LogP contribution in [0.3, 0.4) is 0 Å². The number of carbonyl (C=O) groups is 1. The van der Waals surface area contributed by atoms with Gasteiger partial charge in [-0.25, -0.2) is 0 Å². The highest BCUT2D eigenvalue weighted by atomic mass is 32.1. The van der Waals surface area contributed by atoms with Crippen LogP contribution in [-0.2, 0) is 17.6 Å². The van der Waals surface area contributed by atoms with Gasteiger partial charge in [0.1, 0.15) is 5.70 Å². The summed E-state index contributed by atoms with van der Waals surface area (Å²) in [6, 6.07) is 6.36. The van der Waals surface area contributed by atoms with E-state index >= 15 is 0 Å². The Labute approximate surface area is 105 Å². The molecule has 0 atom stereocenters. The number of thiocarbonyl (C=S) groups is 1. The Hall–Kier alpha value is -1.68. The van der Waals surface area contributed by atoms with Crippen molar-refractivity contribution >= 4 is 29.3 Å². The van der Waals surface area contributed by atoms with E-state index < -0.39 is 0 Å². The van der Waals surface area contributed by atoms with Gasteiger partial charge in [0.05, 0.1) is 0 Å². The molecule has 2 aliphatic rings. The normalized spacial score (nSPS) is 20.4. The van der Waals surface area contributed by atoms with Crippen molar-refractivity contribution in [2.45, 2.75) is 19.3 Å². The average molecular weight is 244 g/mol. The first-order chi connectivity index (χ1) is 8.22. The highest BCUT2D eigenvalue weighted by Gasteiger charge is 2.20. The van der Waals surface area contributed by atoms with Crippen molar-refractivity contribution in [1.29, 1.82) is 0 Å². The van der Waals surface area contributed by atoms with E-state index in [9.17, 15) is 4.79 Å². The molecule has 1 amide bonds. The van der Waals surface area contributed by atoms with Crippen molar-refractivity contribution in [3.05, 3.63) is 40.6 Å². The van der Waals surface area contributed by atoms with Crippen molar-refractivity contribution in [3.63, 3.8) is 0 Å². The Kier molecular flexibility index (Phi) is 2.44. The molecular weight excluding hydrogens is 232 g/mol. The fraction of sp³-hybridized carbons (Fsp3) is 0.231. The maximum Gasteiger partial charge on any atom is 0.273 e. The first-order valence-corrected chi connectivity index (χ1v) is 6.09. The van der Waals surface area contributed by atoms with E-state index in [1.54, 1.807) is 0 Å². The van der Waals surface area contributed by atoms with Crippen LogP contribution < -0.4 is 10.6 Å². The third-order valence-corrected chi connectivity index (χ3v) is 3.36. The predicted octanol–water partition coefficient (Wildman–Crippen LogP) is 1.52. The Balaban J connectivity index is 1.93. The molecular formula is C13H12N2OS. The lowest BCUT2D eigenvalue weighted by Crippen LogP contribution is -2.21. The lowest BCUT2D eigenvalue weighted by molar-refractivity contribution is -0.115. The van der Waals surface area contributed by atoms with Crippen molar-refractivity contribution in [3.8, 4) is 0 Å². The summed E-state index contributed by atoms with van der Waals surface area (Å²) in [5, 5.41) is 5.78. The Morgan fingerprint density at radius 2 is 2.00 bits per heavy atom. The summed E-state index contributed by atoms with van der Waals surface area (Å²) in [5.41, 5.74) is 4.41. The summed E-state index contributed by atoms with van der Waals surface area (Å²) in [6.07, 6.45) is 5.39. The SMILES string of the molecule is O=C1NC(=S)N/C1=C/c1ccc2c(c1)CCC2. The summed E-state index contributed by atoms with van der Waals surface area (Å²) in [6.45, 7) is 0. The van der Waals surface area contributed by atoms with Gasteiger partial charge in [-0.05, 0) is 54.2 Å². The van der Waals surface area contributed by atoms with Crippen molar-refractivity contribution in [2.75, 3.05) is 0 Å². The van der Waals surface area contributed by atoms with E-state index in [0.29, 0.717) is 10.8 Å².